The van der Waals surface area contributed by atoms with Gasteiger partial charge in [-0.3, -0.25) is 9.59 Å². The highest BCUT2D eigenvalue weighted by atomic mass is 16.1. The summed E-state index contributed by atoms with van der Waals surface area (Å²) < 4.78 is 0. The van der Waals surface area contributed by atoms with Gasteiger partial charge in [0.2, 0.25) is 5.91 Å². The van der Waals surface area contributed by atoms with Crippen LogP contribution in [0.1, 0.15) is 58.0 Å². The fourth-order valence-electron chi connectivity index (χ4n) is 3.82. The maximum absolute atomic E-state index is 12.4. The van der Waals surface area contributed by atoms with E-state index in [0.29, 0.717) is 18.4 Å². The molecule has 3 rings (SSSR count). The molecule has 1 aliphatic rings. The van der Waals surface area contributed by atoms with E-state index in [2.05, 4.69) is 35.4 Å². The molecule has 1 aliphatic carbocycles. The third-order valence-corrected chi connectivity index (χ3v) is 5.23. The second-order valence-corrected chi connectivity index (χ2v) is 7.03. The zero-order valence-corrected chi connectivity index (χ0v) is 15.4. The van der Waals surface area contributed by atoms with Gasteiger partial charge in [-0.1, -0.05) is 23.8 Å². The van der Waals surface area contributed by atoms with Crippen LogP contribution in [0.25, 0.3) is 0 Å². The number of aromatic nitrogens is 1. The van der Waals surface area contributed by atoms with Gasteiger partial charge in [0, 0.05) is 12.1 Å². The second-order valence-electron chi connectivity index (χ2n) is 7.03. The first-order chi connectivity index (χ1) is 12.4. The number of nitriles is 1. The molecule has 2 aromatic rings. The number of nitrogens with zero attached hydrogens (tertiary/aromatic N) is 1. The van der Waals surface area contributed by atoms with E-state index < -0.39 is 0 Å². The first kappa shape index (κ1) is 17.9. The molecule has 1 atom stereocenters. The molecule has 0 fully saturated rings. The van der Waals surface area contributed by atoms with Crippen molar-refractivity contribution in [1.29, 1.82) is 5.26 Å². The van der Waals surface area contributed by atoms with Crippen LogP contribution in [0.15, 0.2) is 23.0 Å². The van der Waals surface area contributed by atoms with Gasteiger partial charge >= 0.3 is 0 Å². The van der Waals surface area contributed by atoms with Gasteiger partial charge in [0.25, 0.3) is 5.56 Å². The van der Waals surface area contributed by atoms with Crippen LogP contribution in [0.3, 0.4) is 0 Å². The van der Waals surface area contributed by atoms with Gasteiger partial charge < -0.3 is 10.3 Å². The zero-order valence-electron chi connectivity index (χ0n) is 15.4. The summed E-state index contributed by atoms with van der Waals surface area (Å²) in [6, 6.07) is 8.41. The highest BCUT2D eigenvalue weighted by Gasteiger charge is 2.24. The molecule has 0 spiro atoms. The molecule has 0 radical (unpaired) electrons. The summed E-state index contributed by atoms with van der Waals surface area (Å²) in [5.74, 6) is -0.00747. The zero-order chi connectivity index (χ0) is 18.8. The monoisotopic (exact) mass is 349 g/mol. The smallest absolute Gasteiger partial charge is 0.266 e. The number of H-pyrrole nitrogens is 1. The highest BCUT2D eigenvalue weighted by Crippen LogP contribution is 2.31. The molecule has 0 bridgehead atoms. The molecule has 2 N–H and O–H groups in total. The van der Waals surface area contributed by atoms with Gasteiger partial charge in [-0.05, 0) is 62.3 Å². The van der Waals surface area contributed by atoms with E-state index >= 15 is 0 Å². The van der Waals surface area contributed by atoms with Gasteiger partial charge in [-0.25, -0.2) is 0 Å². The predicted molar refractivity (Wildman–Crippen MR) is 100.0 cm³/mol. The Morgan fingerprint density at radius 2 is 2.12 bits per heavy atom. The number of rotatable bonds is 4. The van der Waals surface area contributed by atoms with Crippen LogP contribution >= 0.6 is 0 Å². The fourth-order valence-corrected chi connectivity index (χ4v) is 3.82. The first-order valence-corrected chi connectivity index (χ1v) is 8.92. The normalized spacial score (nSPS) is 15.4. The minimum Gasteiger partial charge on any atom is -0.349 e. The van der Waals surface area contributed by atoms with Gasteiger partial charge in [0.1, 0.15) is 11.6 Å². The highest BCUT2D eigenvalue weighted by molar-refractivity contribution is 5.77. The molecule has 134 valence electrons. The fraction of sp³-hybridized carbons (Fsp3) is 0.381. The summed E-state index contributed by atoms with van der Waals surface area (Å²) >= 11 is 0. The molecule has 1 aromatic heterocycles. The van der Waals surface area contributed by atoms with Crippen LogP contribution in [0.2, 0.25) is 0 Å². The molecule has 26 heavy (non-hydrogen) atoms. The summed E-state index contributed by atoms with van der Waals surface area (Å²) in [4.78, 5) is 26.9. The van der Waals surface area contributed by atoms with E-state index in [1.165, 1.54) is 16.7 Å². The maximum atomic E-state index is 12.4. The molecule has 1 heterocycles. The van der Waals surface area contributed by atoms with Gasteiger partial charge in [0.05, 0.1) is 6.04 Å². The molecule has 0 saturated heterocycles. The number of aromatic amines is 1. The third-order valence-electron chi connectivity index (χ3n) is 5.23. The van der Waals surface area contributed by atoms with E-state index in [0.717, 1.165) is 24.1 Å². The number of aryl methyl sites for hydroxylation is 3. The molecular weight excluding hydrogens is 326 g/mol. The number of fused-ring (bicyclic) bond motifs is 1. The molecule has 5 nitrogen and oxygen atoms in total. The van der Waals surface area contributed by atoms with E-state index in [1.54, 1.807) is 13.8 Å². The number of hydrogen-bond acceptors (Lipinski definition) is 3. The standard InChI is InChI=1S/C21H23N3O2/c1-12-4-6-17-15(10-12)5-8-19(17)24-20(25)9-7-16-13(2)18(11-22)21(26)23-14(16)3/h4,6,10,19H,5,7-9H2,1-3H3,(H,23,26)(H,24,25)/t19-/m0/s1. The van der Waals surface area contributed by atoms with E-state index in [9.17, 15) is 9.59 Å². The van der Waals surface area contributed by atoms with Crippen LogP contribution in [0.4, 0.5) is 0 Å². The van der Waals surface area contributed by atoms with E-state index in [-0.39, 0.29) is 23.1 Å². The lowest BCUT2D eigenvalue weighted by Crippen LogP contribution is -2.27. The van der Waals surface area contributed by atoms with Crippen LogP contribution in [-0.4, -0.2) is 10.9 Å². The van der Waals surface area contributed by atoms with Crippen molar-refractivity contribution in [2.45, 2.75) is 52.5 Å². The van der Waals surface area contributed by atoms with Crippen molar-refractivity contribution in [3.8, 4) is 6.07 Å². The quantitative estimate of drug-likeness (QED) is 0.890. The molecule has 1 amide bonds. The van der Waals surface area contributed by atoms with E-state index in [4.69, 9.17) is 5.26 Å². The number of amides is 1. The van der Waals surface area contributed by atoms with Crippen molar-refractivity contribution < 1.29 is 4.79 Å². The second kappa shape index (κ2) is 7.17. The average molecular weight is 349 g/mol. The number of carbonyl (C=O) groups is 1. The number of carbonyl (C=O) groups excluding carboxylic acids is 1. The lowest BCUT2D eigenvalue weighted by molar-refractivity contribution is -0.121. The van der Waals surface area contributed by atoms with E-state index in [1.807, 2.05) is 6.07 Å². The minimum atomic E-state index is -0.367. The van der Waals surface area contributed by atoms with Crippen LogP contribution in [0.5, 0.6) is 0 Å². The molecule has 0 aliphatic heterocycles. The summed E-state index contributed by atoms with van der Waals surface area (Å²) in [6.07, 6.45) is 2.75. The molecule has 0 saturated carbocycles. The van der Waals surface area contributed by atoms with Crippen LogP contribution < -0.4 is 10.9 Å². The van der Waals surface area contributed by atoms with Crippen molar-refractivity contribution in [2.75, 3.05) is 0 Å². The van der Waals surface area contributed by atoms with Crippen molar-refractivity contribution in [2.24, 2.45) is 0 Å². The van der Waals surface area contributed by atoms with Crippen LogP contribution in [-0.2, 0) is 17.6 Å². The number of hydrogen-bond donors (Lipinski definition) is 2. The lowest BCUT2D eigenvalue weighted by Gasteiger charge is -2.15. The summed E-state index contributed by atoms with van der Waals surface area (Å²) in [6.45, 7) is 5.65. The third kappa shape index (κ3) is 3.41. The van der Waals surface area contributed by atoms with Gasteiger partial charge in [-0.2, -0.15) is 5.26 Å². The molecule has 0 unspecified atom stereocenters. The Hall–Kier alpha value is -2.87. The maximum Gasteiger partial charge on any atom is 0.266 e. The topological polar surface area (TPSA) is 85.8 Å². The Balaban J connectivity index is 1.68. The number of pyridine rings is 1. The Kier molecular flexibility index (Phi) is 4.94. The number of nitrogens with one attached hydrogen (secondary N) is 2. The first-order valence-electron chi connectivity index (χ1n) is 8.92. The Morgan fingerprint density at radius 3 is 2.85 bits per heavy atom. The van der Waals surface area contributed by atoms with Gasteiger partial charge in [-0.15, -0.1) is 0 Å². The minimum absolute atomic E-state index is 0.00747. The van der Waals surface area contributed by atoms with Crippen molar-refractivity contribution in [3.63, 3.8) is 0 Å². The summed E-state index contributed by atoms with van der Waals surface area (Å²) in [7, 11) is 0. The lowest BCUT2D eigenvalue weighted by atomic mass is 9.99. The molecule has 1 aromatic carbocycles. The summed E-state index contributed by atoms with van der Waals surface area (Å²) in [5.41, 5.74) is 5.81. The Bertz CT molecular complexity index is 966. The van der Waals surface area contributed by atoms with Crippen molar-refractivity contribution in [1.82, 2.24) is 10.3 Å². The number of benzene rings is 1. The van der Waals surface area contributed by atoms with Crippen LogP contribution in [0, 0.1) is 32.1 Å². The molecular formula is C21H23N3O2. The van der Waals surface area contributed by atoms with Crippen molar-refractivity contribution >= 4 is 5.91 Å². The van der Waals surface area contributed by atoms with Gasteiger partial charge in [0.15, 0.2) is 0 Å². The Morgan fingerprint density at radius 1 is 1.35 bits per heavy atom. The Labute approximate surface area is 153 Å². The van der Waals surface area contributed by atoms with Crippen molar-refractivity contribution in [3.05, 3.63) is 67.6 Å². The largest absolute Gasteiger partial charge is 0.349 e. The predicted octanol–water partition coefficient (Wildman–Crippen LogP) is 2.91. The summed E-state index contributed by atoms with van der Waals surface area (Å²) in [5, 5.41) is 12.3. The SMILES string of the molecule is Cc1ccc2c(c1)CC[C@@H]2NC(=O)CCc1c(C)[nH]c(=O)c(C#N)c1C. The molecule has 5 heteroatoms. The average Bonchev–Trinajstić information content (AvgIpc) is 2.96.